The van der Waals surface area contributed by atoms with Gasteiger partial charge in [0.15, 0.2) is 0 Å². The summed E-state index contributed by atoms with van der Waals surface area (Å²) in [4.78, 5) is 12.2. The van der Waals surface area contributed by atoms with Crippen LogP contribution in [0.4, 0.5) is 5.69 Å². The van der Waals surface area contributed by atoms with Crippen LogP contribution in [0.5, 0.6) is 0 Å². The van der Waals surface area contributed by atoms with Crippen molar-refractivity contribution in [1.82, 2.24) is 0 Å². The van der Waals surface area contributed by atoms with Gasteiger partial charge in [-0.15, -0.1) is 0 Å². The number of hydrogen-bond acceptors (Lipinski definition) is 2. The van der Waals surface area contributed by atoms with Crippen molar-refractivity contribution < 1.29 is 4.79 Å². The van der Waals surface area contributed by atoms with Gasteiger partial charge in [-0.25, -0.2) is 0 Å². The number of hydrogen-bond donors (Lipinski definition) is 2. The first kappa shape index (κ1) is 14.5. The Morgan fingerprint density at radius 1 is 1.20 bits per heavy atom. The molecule has 0 fully saturated rings. The molecule has 0 spiro atoms. The molecule has 0 radical (unpaired) electrons. The third kappa shape index (κ3) is 3.79. The van der Waals surface area contributed by atoms with Crippen LogP contribution < -0.4 is 11.1 Å². The van der Waals surface area contributed by atoms with Crippen LogP contribution in [0.15, 0.2) is 48.5 Å². The molecular weight excluding hydrogens is 292 g/mol. The van der Waals surface area contributed by atoms with Crippen LogP contribution >= 0.6 is 23.8 Å². The van der Waals surface area contributed by atoms with Gasteiger partial charge in [-0.05, 0) is 23.8 Å². The SMILES string of the molecule is NC(=S)c1ccc(NC(=O)Cc2ccccc2)c(Cl)c1. The van der Waals surface area contributed by atoms with E-state index in [4.69, 9.17) is 29.6 Å². The van der Waals surface area contributed by atoms with Crippen LogP contribution in [-0.4, -0.2) is 10.9 Å². The molecule has 0 aliphatic carbocycles. The van der Waals surface area contributed by atoms with E-state index in [1.165, 1.54) is 0 Å². The molecule has 0 saturated heterocycles. The van der Waals surface area contributed by atoms with Crippen LogP contribution in [0.1, 0.15) is 11.1 Å². The highest BCUT2D eigenvalue weighted by Crippen LogP contribution is 2.23. The molecule has 3 N–H and O–H groups in total. The average molecular weight is 305 g/mol. The van der Waals surface area contributed by atoms with Gasteiger partial charge in [-0.1, -0.05) is 54.2 Å². The van der Waals surface area contributed by atoms with Crippen molar-refractivity contribution in [2.75, 3.05) is 5.32 Å². The lowest BCUT2D eigenvalue weighted by molar-refractivity contribution is -0.115. The molecule has 0 unspecified atom stereocenters. The molecule has 0 aliphatic heterocycles. The van der Waals surface area contributed by atoms with E-state index in [1.807, 2.05) is 30.3 Å². The van der Waals surface area contributed by atoms with E-state index in [9.17, 15) is 4.79 Å². The first-order chi connectivity index (χ1) is 9.56. The van der Waals surface area contributed by atoms with Crippen LogP contribution in [0.2, 0.25) is 5.02 Å². The molecule has 5 heteroatoms. The van der Waals surface area contributed by atoms with E-state index in [0.717, 1.165) is 5.56 Å². The summed E-state index contributed by atoms with van der Waals surface area (Å²) in [6, 6.07) is 14.6. The van der Waals surface area contributed by atoms with Crippen LogP contribution in [-0.2, 0) is 11.2 Å². The second-order valence-corrected chi connectivity index (χ2v) is 5.12. The zero-order chi connectivity index (χ0) is 14.5. The normalized spacial score (nSPS) is 10.1. The Bertz CT molecular complexity index is 644. The third-order valence-corrected chi connectivity index (χ3v) is 3.28. The Kier molecular flexibility index (Phi) is 4.71. The molecule has 1 amide bonds. The number of amides is 1. The maximum Gasteiger partial charge on any atom is 0.228 e. The van der Waals surface area contributed by atoms with Gasteiger partial charge in [0.05, 0.1) is 17.1 Å². The number of nitrogens with two attached hydrogens (primary N) is 1. The van der Waals surface area contributed by atoms with E-state index >= 15 is 0 Å². The summed E-state index contributed by atoms with van der Waals surface area (Å²) >= 11 is 11.0. The number of anilines is 1. The highest BCUT2D eigenvalue weighted by Gasteiger charge is 2.08. The minimum absolute atomic E-state index is 0.124. The summed E-state index contributed by atoms with van der Waals surface area (Å²) in [6.45, 7) is 0. The Balaban J connectivity index is 2.06. The van der Waals surface area contributed by atoms with Crippen molar-refractivity contribution in [1.29, 1.82) is 0 Å². The summed E-state index contributed by atoms with van der Waals surface area (Å²) in [6.07, 6.45) is 0.300. The fourth-order valence-electron chi connectivity index (χ4n) is 1.75. The topological polar surface area (TPSA) is 55.1 Å². The summed E-state index contributed by atoms with van der Waals surface area (Å²) < 4.78 is 0. The van der Waals surface area contributed by atoms with Gasteiger partial charge >= 0.3 is 0 Å². The molecule has 0 aliphatic rings. The Morgan fingerprint density at radius 3 is 2.50 bits per heavy atom. The second kappa shape index (κ2) is 6.50. The number of carbonyl (C=O) groups excluding carboxylic acids is 1. The van der Waals surface area contributed by atoms with Gasteiger partial charge in [-0.2, -0.15) is 0 Å². The Labute approximate surface area is 127 Å². The summed E-state index contributed by atoms with van der Waals surface area (Å²) in [7, 11) is 0. The van der Waals surface area contributed by atoms with Gasteiger partial charge in [0.1, 0.15) is 4.99 Å². The zero-order valence-corrected chi connectivity index (χ0v) is 12.2. The molecule has 2 aromatic carbocycles. The second-order valence-electron chi connectivity index (χ2n) is 4.27. The molecule has 2 aromatic rings. The van der Waals surface area contributed by atoms with Gasteiger partial charge in [0.2, 0.25) is 5.91 Å². The predicted molar refractivity (Wildman–Crippen MR) is 86.1 cm³/mol. The van der Waals surface area contributed by atoms with Crippen LogP contribution in [0.3, 0.4) is 0 Å². The first-order valence-corrected chi connectivity index (χ1v) is 6.78. The number of halogens is 1. The van der Waals surface area contributed by atoms with Crippen molar-refractivity contribution in [3.8, 4) is 0 Å². The molecular formula is C15H13ClN2OS. The smallest absolute Gasteiger partial charge is 0.228 e. The molecule has 102 valence electrons. The monoisotopic (exact) mass is 304 g/mol. The Hall–Kier alpha value is -1.91. The number of nitrogens with one attached hydrogen (secondary N) is 1. The fraction of sp³-hybridized carbons (Fsp3) is 0.0667. The van der Waals surface area contributed by atoms with Crippen molar-refractivity contribution in [3.05, 3.63) is 64.7 Å². The van der Waals surface area contributed by atoms with Crippen LogP contribution in [0.25, 0.3) is 0 Å². The van der Waals surface area contributed by atoms with E-state index in [2.05, 4.69) is 5.32 Å². The standard InChI is InChI=1S/C15H13ClN2OS/c16-12-9-11(15(17)20)6-7-13(12)18-14(19)8-10-4-2-1-3-5-10/h1-7,9H,8H2,(H2,17,20)(H,18,19). The largest absolute Gasteiger partial charge is 0.389 e. The number of thiocarbonyl (C=S) groups is 1. The van der Waals surface area contributed by atoms with E-state index < -0.39 is 0 Å². The van der Waals surface area contributed by atoms with E-state index in [0.29, 0.717) is 22.7 Å². The number of carbonyl (C=O) groups is 1. The highest BCUT2D eigenvalue weighted by atomic mass is 35.5. The lowest BCUT2D eigenvalue weighted by atomic mass is 10.1. The number of rotatable bonds is 4. The molecule has 0 saturated carbocycles. The van der Waals surface area contributed by atoms with Crippen molar-refractivity contribution in [2.24, 2.45) is 5.73 Å². The molecule has 0 aromatic heterocycles. The molecule has 2 rings (SSSR count). The number of benzene rings is 2. The molecule has 0 heterocycles. The van der Waals surface area contributed by atoms with Gasteiger partial charge in [-0.3, -0.25) is 4.79 Å². The van der Waals surface area contributed by atoms with Crippen molar-refractivity contribution in [2.45, 2.75) is 6.42 Å². The van der Waals surface area contributed by atoms with Crippen molar-refractivity contribution in [3.63, 3.8) is 0 Å². The Morgan fingerprint density at radius 2 is 1.90 bits per heavy atom. The summed E-state index contributed by atoms with van der Waals surface area (Å²) in [5, 5.41) is 3.18. The minimum Gasteiger partial charge on any atom is -0.389 e. The van der Waals surface area contributed by atoms with Gasteiger partial charge in [0.25, 0.3) is 0 Å². The quantitative estimate of drug-likeness (QED) is 0.853. The maximum absolute atomic E-state index is 11.9. The van der Waals surface area contributed by atoms with E-state index in [1.54, 1.807) is 18.2 Å². The van der Waals surface area contributed by atoms with E-state index in [-0.39, 0.29) is 10.9 Å². The van der Waals surface area contributed by atoms with Gasteiger partial charge < -0.3 is 11.1 Å². The minimum atomic E-state index is -0.124. The maximum atomic E-state index is 11.9. The predicted octanol–water partition coefficient (Wildman–Crippen LogP) is 3.16. The lowest BCUT2D eigenvalue weighted by Gasteiger charge is -2.08. The van der Waals surface area contributed by atoms with Crippen molar-refractivity contribution >= 4 is 40.4 Å². The fourth-order valence-corrected chi connectivity index (χ4v) is 2.10. The summed E-state index contributed by atoms with van der Waals surface area (Å²) in [5.41, 5.74) is 7.69. The highest BCUT2D eigenvalue weighted by molar-refractivity contribution is 7.80. The summed E-state index contributed by atoms with van der Waals surface area (Å²) in [5.74, 6) is -0.124. The van der Waals surface area contributed by atoms with Crippen LogP contribution in [0, 0.1) is 0 Å². The molecule has 0 atom stereocenters. The third-order valence-electron chi connectivity index (χ3n) is 2.74. The first-order valence-electron chi connectivity index (χ1n) is 5.99. The molecule has 3 nitrogen and oxygen atoms in total. The molecule has 20 heavy (non-hydrogen) atoms. The lowest BCUT2D eigenvalue weighted by Crippen LogP contribution is -2.15. The average Bonchev–Trinajstić information content (AvgIpc) is 2.42. The molecule has 0 bridgehead atoms. The van der Waals surface area contributed by atoms with Gasteiger partial charge in [0, 0.05) is 5.56 Å². The zero-order valence-electron chi connectivity index (χ0n) is 10.6.